The lowest BCUT2D eigenvalue weighted by Gasteiger charge is -2.07. The minimum atomic E-state index is -2.62. The van der Waals surface area contributed by atoms with Gasteiger partial charge in [-0.25, -0.2) is 13.2 Å². The molecule has 0 aromatic carbocycles. The zero-order valence-corrected chi connectivity index (χ0v) is 10.6. The molecule has 110 valence electrons. The molecule has 0 unspecified atom stereocenters. The molecule has 2 heterocycles. The molecule has 1 N–H and O–H groups in total. The monoisotopic (exact) mass is 297 g/mol. The molecule has 2 rings (SSSR count). The number of nitrogens with one attached hydrogen (secondary N) is 1. The Morgan fingerprint density at radius 3 is 2.86 bits per heavy atom. The van der Waals surface area contributed by atoms with Crippen molar-refractivity contribution in [2.45, 2.75) is 6.43 Å². The number of hydrogen-bond donors (Lipinski definition) is 1. The van der Waals surface area contributed by atoms with Crippen molar-refractivity contribution in [3.63, 3.8) is 0 Å². The molecule has 0 atom stereocenters. The Hall–Kier alpha value is -2.64. The Labute approximate surface area is 117 Å². The molecule has 0 aliphatic heterocycles. The molecular weight excluding hydrogens is 287 g/mol. The van der Waals surface area contributed by atoms with E-state index >= 15 is 0 Å². The van der Waals surface area contributed by atoms with Crippen LogP contribution in [0.5, 0.6) is 5.88 Å². The number of rotatable bonds is 5. The van der Waals surface area contributed by atoms with Crippen LogP contribution in [0.1, 0.15) is 10.4 Å². The molecule has 0 aliphatic carbocycles. The number of amides is 1. The van der Waals surface area contributed by atoms with E-state index in [0.717, 1.165) is 12.3 Å². The zero-order chi connectivity index (χ0) is 15.2. The zero-order valence-electron chi connectivity index (χ0n) is 10.6. The molecule has 0 saturated carbocycles. The Bertz CT molecular complexity index is 638. The summed E-state index contributed by atoms with van der Waals surface area (Å²) >= 11 is 0. The Morgan fingerprint density at radius 1 is 1.33 bits per heavy atom. The van der Waals surface area contributed by atoms with Crippen LogP contribution in [0.2, 0.25) is 0 Å². The van der Waals surface area contributed by atoms with Crippen molar-refractivity contribution >= 4 is 11.7 Å². The van der Waals surface area contributed by atoms with Crippen molar-refractivity contribution < 1.29 is 22.7 Å². The van der Waals surface area contributed by atoms with E-state index < -0.39 is 24.8 Å². The Morgan fingerprint density at radius 2 is 2.14 bits per heavy atom. The van der Waals surface area contributed by atoms with Gasteiger partial charge in [0.05, 0.1) is 11.8 Å². The molecular formula is C13H10F3N3O2. The maximum absolute atomic E-state index is 13.0. The van der Waals surface area contributed by atoms with E-state index in [2.05, 4.69) is 15.3 Å². The average Bonchev–Trinajstić information content (AvgIpc) is 2.45. The van der Waals surface area contributed by atoms with Crippen LogP contribution < -0.4 is 10.1 Å². The minimum Gasteiger partial charge on any atom is -0.472 e. The first-order chi connectivity index (χ1) is 10.0. The van der Waals surface area contributed by atoms with Crippen LogP contribution >= 0.6 is 0 Å². The first-order valence-corrected chi connectivity index (χ1v) is 5.84. The predicted octanol–water partition coefficient (Wildman–Crippen LogP) is 2.51. The van der Waals surface area contributed by atoms with Crippen LogP contribution in [0.3, 0.4) is 0 Å². The number of alkyl halides is 2. The number of ether oxygens (including phenoxy) is 1. The van der Waals surface area contributed by atoms with Gasteiger partial charge in [0, 0.05) is 12.3 Å². The van der Waals surface area contributed by atoms with Gasteiger partial charge in [-0.2, -0.15) is 4.98 Å². The summed E-state index contributed by atoms with van der Waals surface area (Å²) in [5, 5.41) is 2.39. The number of aromatic nitrogens is 2. The number of pyridine rings is 2. The largest absolute Gasteiger partial charge is 0.472 e. The summed E-state index contributed by atoms with van der Waals surface area (Å²) in [5.74, 6) is -1.23. The lowest BCUT2D eigenvalue weighted by Crippen LogP contribution is -2.14. The van der Waals surface area contributed by atoms with Gasteiger partial charge in [-0.3, -0.25) is 9.78 Å². The van der Waals surface area contributed by atoms with Crippen LogP contribution in [0.25, 0.3) is 0 Å². The summed E-state index contributed by atoms with van der Waals surface area (Å²) in [6, 6.07) is 5.31. The fraction of sp³-hybridized carbons (Fsp3) is 0.154. The molecule has 8 heteroatoms. The maximum atomic E-state index is 13.0. The summed E-state index contributed by atoms with van der Waals surface area (Å²) in [6.07, 6.45) is -0.466. The number of anilines is 1. The highest BCUT2D eigenvalue weighted by Gasteiger charge is 2.10. The third kappa shape index (κ3) is 4.44. The van der Waals surface area contributed by atoms with E-state index in [1.54, 1.807) is 0 Å². The van der Waals surface area contributed by atoms with Gasteiger partial charge in [0.1, 0.15) is 11.6 Å². The average molecular weight is 297 g/mol. The third-order valence-electron chi connectivity index (χ3n) is 2.29. The molecule has 0 aliphatic rings. The van der Waals surface area contributed by atoms with E-state index in [4.69, 9.17) is 4.74 Å². The second-order valence-electron chi connectivity index (χ2n) is 3.91. The maximum Gasteiger partial charge on any atom is 0.272 e. The van der Waals surface area contributed by atoms with E-state index in [1.807, 2.05) is 0 Å². The highest BCUT2D eigenvalue weighted by Crippen LogP contribution is 2.13. The normalized spacial score (nSPS) is 10.5. The van der Waals surface area contributed by atoms with Gasteiger partial charge in [0.15, 0.2) is 6.61 Å². The van der Waals surface area contributed by atoms with Gasteiger partial charge < -0.3 is 10.1 Å². The van der Waals surface area contributed by atoms with Crippen molar-refractivity contribution in [2.75, 3.05) is 11.9 Å². The lowest BCUT2D eigenvalue weighted by atomic mass is 10.2. The van der Waals surface area contributed by atoms with E-state index in [-0.39, 0.29) is 17.3 Å². The summed E-state index contributed by atoms with van der Waals surface area (Å²) in [7, 11) is 0. The third-order valence-corrected chi connectivity index (χ3v) is 2.29. The smallest absolute Gasteiger partial charge is 0.272 e. The second-order valence-corrected chi connectivity index (χ2v) is 3.91. The van der Waals surface area contributed by atoms with Crippen LogP contribution in [-0.2, 0) is 0 Å². The summed E-state index contributed by atoms with van der Waals surface area (Å²) < 4.78 is 41.7. The molecule has 2 aromatic rings. The number of carbonyl (C=O) groups is 1. The van der Waals surface area contributed by atoms with Gasteiger partial charge >= 0.3 is 0 Å². The van der Waals surface area contributed by atoms with Crippen molar-refractivity contribution in [1.82, 2.24) is 9.97 Å². The topological polar surface area (TPSA) is 64.1 Å². The Balaban J connectivity index is 2.05. The van der Waals surface area contributed by atoms with E-state index in [9.17, 15) is 18.0 Å². The van der Waals surface area contributed by atoms with Gasteiger partial charge in [-0.15, -0.1) is 0 Å². The summed E-state index contributed by atoms with van der Waals surface area (Å²) in [4.78, 5) is 19.2. The lowest BCUT2D eigenvalue weighted by molar-refractivity contribution is 0.0796. The van der Waals surface area contributed by atoms with Crippen molar-refractivity contribution in [1.29, 1.82) is 0 Å². The molecule has 0 bridgehead atoms. The summed E-state index contributed by atoms with van der Waals surface area (Å²) in [5.41, 5.74) is 0.00991. The van der Waals surface area contributed by atoms with Gasteiger partial charge in [0.25, 0.3) is 12.3 Å². The molecule has 5 nitrogen and oxygen atoms in total. The number of carbonyl (C=O) groups excluding carboxylic acids is 1. The van der Waals surface area contributed by atoms with Gasteiger partial charge in [-0.05, 0) is 12.1 Å². The standard InChI is InChI=1S/C13H10F3N3O2/c14-9-4-8(5-17-6-9)13(20)19-11-2-1-3-12(18-11)21-7-10(15)16/h1-6,10H,7H2,(H,18,19,20). The van der Waals surface area contributed by atoms with Crippen molar-refractivity contribution in [2.24, 2.45) is 0 Å². The fourth-order valence-corrected chi connectivity index (χ4v) is 1.44. The molecule has 2 aromatic heterocycles. The summed E-state index contributed by atoms with van der Waals surface area (Å²) in [6.45, 7) is -0.793. The van der Waals surface area contributed by atoms with E-state index in [0.29, 0.717) is 0 Å². The van der Waals surface area contributed by atoms with Crippen LogP contribution in [0.4, 0.5) is 19.0 Å². The molecule has 1 amide bonds. The molecule has 0 radical (unpaired) electrons. The van der Waals surface area contributed by atoms with Crippen LogP contribution in [0.15, 0.2) is 36.7 Å². The number of halogens is 3. The first kappa shape index (κ1) is 14.8. The predicted molar refractivity (Wildman–Crippen MR) is 67.9 cm³/mol. The minimum absolute atomic E-state index is 0.00991. The SMILES string of the molecule is O=C(Nc1cccc(OCC(F)F)n1)c1cncc(F)c1. The molecule has 0 fully saturated rings. The van der Waals surface area contributed by atoms with Crippen LogP contribution in [-0.4, -0.2) is 28.9 Å². The highest BCUT2D eigenvalue weighted by molar-refractivity contribution is 6.03. The number of nitrogens with zero attached hydrogens (tertiary/aromatic N) is 2. The van der Waals surface area contributed by atoms with Gasteiger partial charge in [-0.1, -0.05) is 6.07 Å². The van der Waals surface area contributed by atoms with Gasteiger partial charge in [0.2, 0.25) is 5.88 Å². The fourth-order valence-electron chi connectivity index (χ4n) is 1.44. The molecule has 21 heavy (non-hydrogen) atoms. The van der Waals surface area contributed by atoms with Crippen molar-refractivity contribution in [3.8, 4) is 5.88 Å². The van der Waals surface area contributed by atoms with Crippen LogP contribution in [0, 0.1) is 5.82 Å². The number of hydrogen-bond acceptors (Lipinski definition) is 4. The Kier molecular flexibility index (Phi) is 4.70. The second kappa shape index (κ2) is 6.69. The van der Waals surface area contributed by atoms with E-state index in [1.165, 1.54) is 24.4 Å². The van der Waals surface area contributed by atoms with Crippen molar-refractivity contribution in [3.05, 3.63) is 48.0 Å². The molecule has 0 spiro atoms. The quantitative estimate of drug-likeness (QED) is 0.921. The highest BCUT2D eigenvalue weighted by atomic mass is 19.3. The molecule has 0 saturated heterocycles. The first-order valence-electron chi connectivity index (χ1n) is 5.84.